The van der Waals surface area contributed by atoms with Crippen LogP contribution in [-0.2, 0) is 9.59 Å². The number of hydrogen-bond donors (Lipinski definition) is 7. The zero-order valence-corrected chi connectivity index (χ0v) is 97.3. The second-order valence-electron chi connectivity index (χ2n) is 44.9. The monoisotopic (exact) mass is 2010 g/mol. The van der Waals surface area contributed by atoms with Crippen LogP contribution >= 0.6 is 0 Å². The molecule has 0 unspecified atom stereocenters. The largest absolute Gasteiger partial charge is 0.400 e. The number of ketones is 2. The average molecular weight is 2010 g/mol. The summed E-state index contributed by atoms with van der Waals surface area (Å²) in [4.78, 5) is 24.2. The lowest BCUT2D eigenvalue weighted by atomic mass is 9.90. The number of aliphatic hydroxyl groups excluding tert-OH is 1. The summed E-state index contributed by atoms with van der Waals surface area (Å²) in [5, 5.41) is 21.9. The molecule has 6 aromatic rings. The topological polar surface area (TPSA) is 183 Å². The molecule has 1 heterocycles. The molecule has 7 rings (SSSR count). The minimum absolute atomic E-state index is 0.00425. The van der Waals surface area contributed by atoms with Crippen molar-refractivity contribution in [2.45, 2.75) is 664 Å². The van der Waals surface area contributed by atoms with Crippen LogP contribution in [-0.4, -0.2) is 29.4 Å². The van der Waals surface area contributed by atoms with Crippen LogP contribution in [0.5, 0.6) is 0 Å². The Morgan fingerprint density at radius 1 is 0.186 bits per heavy atom. The van der Waals surface area contributed by atoms with Gasteiger partial charge >= 0.3 is 0 Å². The van der Waals surface area contributed by atoms with E-state index in [1.165, 1.54) is 587 Å². The maximum Gasteiger partial charge on any atom is 0.132 e. The fraction of sp³-hybridized carbons (Fsp3) is 0.765. The highest BCUT2D eigenvalue weighted by Gasteiger charge is 2.33. The van der Waals surface area contributed by atoms with Crippen LogP contribution in [0.4, 0.5) is 34.1 Å². The molecule has 0 atom stereocenters. The molecule has 834 valence electrons. The quantitative estimate of drug-likeness (QED) is 0.0144. The van der Waals surface area contributed by atoms with Crippen LogP contribution in [0, 0.1) is 0 Å². The first kappa shape index (κ1) is 135. The van der Waals surface area contributed by atoms with Gasteiger partial charge in [-0.05, 0) is 104 Å². The van der Waals surface area contributed by atoms with Gasteiger partial charge in [-0.25, -0.2) is 0 Å². The van der Waals surface area contributed by atoms with Crippen molar-refractivity contribution in [1.29, 1.82) is 0 Å². The van der Waals surface area contributed by atoms with Crippen LogP contribution in [0.15, 0.2) is 109 Å². The maximum atomic E-state index is 12.1. The molecule has 11 N–H and O–H groups in total. The van der Waals surface area contributed by atoms with Crippen LogP contribution in [0.2, 0.25) is 0 Å². The summed E-state index contributed by atoms with van der Waals surface area (Å²) in [5.41, 5.74) is 28.7. The number of unbranched alkanes of at least 4 members (excludes halogenated alkanes) is 84. The number of hydrogen-bond acceptors (Lipinski definition) is 9. The molecule has 0 aliphatic carbocycles. The summed E-state index contributed by atoms with van der Waals surface area (Å²) in [6.45, 7) is 13.8. The van der Waals surface area contributed by atoms with Gasteiger partial charge in [0.15, 0.2) is 0 Å². The number of nitrogen functional groups attached to an aromatic ring is 4. The summed E-state index contributed by atoms with van der Waals surface area (Å²) in [6, 6.07) is 36.7. The summed E-state index contributed by atoms with van der Waals surface area (Å²) in [5.74, 6) is 1.05. The van der Waals surface area contributed by atoms with E-state index >= 15 is 0 Å². The van der Waals surface area contributed by atoms with Crippen molar-refractivity contribution >= 4 is 78.0 Å². The van der Waals surface area contributed by atoms with Crippen LogP contribution in [0.1, 0.15) is 658 Å². The third kappa shape index (κ3) is 79.0. The van der Waals surface area contributed by atoms with E-state index in [1.807, 2.05) is 72.8 Å². The third-order valence-corrected chi connectivity index (χ3v) is 31.2. The van der Waals surface area contributed by atoms with Crippen molar-refractivity contribution in [1.82, 2.24) is 0 Å². The maximum absolute atomic E-state index is 12.1. The first-order chi connectivity index (χ1) is 71.5. The lowest BCUT2D eigenvalue weighted by molar-refractivity contribution is -0.120. The number of carbonyl (C=O) groups excluding carboxylic acids is 2. The van der Waals surface area contributed by atoms with Gasteiger partial charge in [0.2, 0.25) is 0 Å². The van der Waals surface area contributed by atoms with Crippen molar-refractivity contribution in [3.05, 3.63) is 109 Å². The van der Waals surface area contributed by atoms with Gasteiger partial charge in [0, 0.05) is 83.1 Å². The Balaban J connectivity index is 0.000000654. The van der Waals surface area contributed by atoms with Gasteiger partial charge < -0.3 is 38.7 Å². The molecule has 9 nitrogen and oxygen atoms in total. The van der Waals surface area contributed by atoms with Crippen LogP contribution in [0.25, 0.3) is 32.3 Å². The number of carbonyl (C=O) groups is 2. The molecule has 0 amide bonds. The first-order valence-electron chi connectivity index (χ1n) is 64.1. The number of aliphatic hydroxyl groups is 1. The van der Waals surface area contributed by atoms with E-state index in [9.17, 15) is 9.59 Å². The molecule has 1 aliphatic rings. The zero-order chi connectivity index (χ0) is 105. The van der Waals surface area contributed by atoms with E-state index < -0.39 is 0 Å². The standard InChI is InChI=1S/C45H78N2.2C35H70O.2C10H10N2.CH4O/c1-3-5-7-9-11-13-15-17-19-21-23-25-27-29-31-39-45(46-42-37-33-35-41-36-34-38-43(47-45)44(41)42)40-32-30-28-26-24-22-20-18-16-14-12-10-8-6-4-2;2*1-3-5-7-9-11-13-15-17-19-21-23-25-27-29-31-33-35(36)34-32-30-28-26-24-22-20-18-16-14-12-10-8-6-4-2;2*11-8-5-1-3-7-4-2-6-9(12)10(7)8;1-2/h33-38,46-47H,3-32,39-40H2,1-2H3;2*3-34H2,1-2H3;2*1-6H,11-12H2;2H,1H3. The summed E-state index contributed by atoms with van der Waals surface area (Å²) >= 11 is 0. The molecule has 6 aromatic carbocycles. The average Bonchev–Trinajstić information content (AvgIpc) is 0.755. The van der Waals surface area contributed by atoms with Gasteiger partial charge in [-0.15, -0.1) is 0 Å². The molecule has 0 spiro atoms. The van der Waals surface area contributed by atoms with Gasteiger partial charge in [-0.1, -0.05) is 654 Å². The molecule has 0 radical (unpaired) electrons. The van der Waals surface area contributed by atoms with Gasteiger partial charge in [-0.3, -0.25) is 9.59 Å². The molecule has 1 aliphatic heterocycles. The Morgan fingerprint density at radius 2 is 0.317 bits per heavy atom. The fourth-order valence-electron chi connectivity index (χ4n) is 21.9. The Morgan fingerprint density at radius 3 is 0.469 bits per heavy atom. The van der Waals surface area contributed by atoms with Gasteiger partial charge in [-0.2, -0.15) is 0 Å². The molecule has 0 fully saturated rings. The third-order valence-electron chi connectivity index (χ3n) is 31.2. The molecule has 0 aromatic heterocycles. The van der Waals surface area contributed by atoms with Gasteiger partial charge in [0.25, 0.3) is 0 Å². The molecular weight excluding hydrogens is 1770 g/mol. The lowest BCUT2D eigenvalue weighted by Crippen LogP contribution is -2.48. The number of Topliss-reactive ketones (excluding diaryl/α,β-unsaturated/α-hetero) is 2. The number of anilines is 6. The molecule has 0 saturated carbocycles. The van der Waals surface area contributed by atoms with E-state index in [0.29, 0.717) is 11.6 Å². The van der Waals surface area contributed by atoms with Crippen molar-refractivity contribution in [2.24, 2.45) is 0 Å². The lowest BCUT2D eigenvalue weighted by Gasteiger charge is -2.42. The highest BCUT2D eigenvalue weighted by Crippen LogP contribution is 2.42. The second kappa shape index (κ2) is 104. The summed E-state index contributed by atoms with van der Waals surface area (Å²) in [6.07, 6.45) is 132. The second-order valence-corrected chi connectivity index (χ2v) is 44.9. The number of nitrogens with two attached hydrogens (primary N) is 4. The van der Waals surface area contributed by atoms with E-state index in [1.54, 1.807) is 0 Å². The molecule has 145 heavy (non-hydrogen) atoms. The van der Waals surface area contributed by atoms with E-state index in [4.69, 9.17) is 28.0 Å². The highest BCUT2D eigenvalue weighted by atomic mass is 16.2. The Kier molecular flexibility index (Phi) is 97.0. The van der Waals surface area contributed by atoms with E-state index in [2.05, 4.69) is 88.6 Å². The Labute approximate surface area is 900 Å². The smallest absolute Gasteiger partial charge is 0.132 e. The highest BCUT2D eigenvalue weighted by molar-refractivity contribution is 6.05. The number of fused-ring (bicyclic) bond motifs is 2. The minimum Gasteiger partial charge on any atom is -0.400 e. The van der Waals surface area contributed by atoms with Crippen molar-refractivity contribution in [2.75, 3.05) is 40.7 Å². The Hall–Kier alpha value is -5.80. The summed E-state index contributed by atoms with van der Waals surface area (Å²) < 4.78 is 0. The number of nitrogens with one attached hydrogen (secondary N) is 2. The van der Waals surface area contributed by atoms with Crippen LogP contribution < -0.4 is 33.6 Å². The van der Waals surface area contributed by atoms with Gasteiger partial charge in [0.05, 0.1) is 0 Å². The molecule has 0 bridgehead atoms. The fourth-order valence-corrected chi connectivity index (χ4v) is 21.9. The first-order valence-corrected chi connectivity index (χ1v) is 64.1. The molecule has 0 saturated heterocycles. The minimum atomic E-state index is -0.00425. The predicted octanol–water partition coefficient (Wildman–Crippen LogP) is 45.7. The predicted molar refractivity (Wildman–Crippen MR) is 655 cm³/mol. The van der Waals surface area contributed by atoms with E-state index in [0.717, 1.165) is 103 Å². The van der Waals surface area contributed by atoms with Gasteiger partial charge in [0.1, 0.15) is 17.2 Å². The van der Waals surface area contributed by atoms with Crippen molar-refractivity contribution in [3.8, 4) is 0 Å². The zero-order valence-electron chi connectivity index (χ0n) is 97.3. The van der Waals surface area contributed by atoms with E-state index in [-0.39, 0.29) is 5.66 Å². The van der Waals surface area contributed by atoms with Crippen molar-refractivity contribution < 1.29 is 14.7 Å². The van der Waals surface area contributed by atoms with Crippen LogP contribution in [0.3, 0.4) is 0 Å². The molecule has 9 heteroatoms. The number of rotatable bonds is 96. The Bertz CT molecular complexity index is 3370. The molecular formula is C136H242N6O3. The SMILES string of the molecule is CCCCCCCCCCCCCCCCCC(=O)CCCCCCCCCCCCCCCCC.CCCCCCCCCCCCCCCCCC(=O)CCCCCCCCCCCCCCCCC.CCCCCCCCCCCCCCCCCC1(CCCCCCCCCCCCCCCCC)Nc2cccc3cccc(c23)N1.CO.Nc1cccc2cccc(N)c12.Nc1cccc2cccc(N)c12. The number of benzene rings is 6. The normalized spacial score (nSPS) is 11.8. The summed E-state index contributed by atoms with van der Waals surface area (Å²) in [7, 11) is 1.00. The van der Waals surface area contributed by atoms with Crippen molar-refractivity contribution in [3.63, 3.8) is 0 Å².